The molecule has 0 aliphatic carbocycles. The fourth-order valence-electron chi connectivity index (χ4n) is 2.08. The van der Waals surface area contributed by atoms with Crippen molar-refractivity contribution < 1.29 is 9.53 Å². The molecule has 0 bridgehead atoms. The summed E-state index contributed by atoms with van der Waals surface area (Å²) in [6.07, 6.45) is 2.92. The summed E-state index contributed by atoms with van der Waals surface area (Å²) in [5.41, 5.74) is 3.59. The first-order valence-electron chi connectivity index (χ1n) is 7.21. The average molecular weight is 284 g/mol. The molecule has 0 saturated carbocycles. The summed E-state index contributed by atoms with van der Waals surface area (Å²) >= 11 is 0. The predicted octanol–water partition coefficient (Wildman–Crippen LogP) is 3.11. The molecule has 4 nitrogen and oxygen atoms in total. The topological polar surface area (TPSA) is 52.1 Å². The Balaban J connectivity index is 2.22. The molecule has 4 heteroatoms. The van der Waals surface area contributed by atoms with Gasteiger partial charge in [0.25, 0.3) is 0 Å². The van der Waals surface area contributed by atoms with Gasteiger partial charge in [-0.05, 0) is 25.8 Å². The van der Waals surface area contributed by atoms with Crippen LogP contribution in [0.2, 0.25) is 0 Å². The molecule has 1 heterocycles. The minimum Gasteiger partial charge on any atom is -0.462 e. The molecule has 0 saturated heterocycles. The van der Waals surface area contributed by atoms with E-state index in [0.717, 1.165) is 17.1 Å². The molecule has 0 fully saturated rings. The van der Waals surface area contributed by atoms with Crippen LogP contribution >= 0.6 is 0 Å². The molecule has 2 rings (SSSR count). The van der Waals surface area contributed by atoms with Gasteiger partial charge in [0.05, 0.1) is 17.9 Å². The molecule has 2 aromatic rings. The highest BCUT2D eigenvalue weighted by Crippen LogP contribution is 2.12. The first kappa shape index (κ1) is 15.2. The van der Waals surface area contributed by atoms with Gasteiger partial charge in [-0.2, -0.15) is 0 Å². The molecule has 0 radical (unpaired) electrons. The van der Waals surface area contributed by atoms with Crippen LogP contribution in [0.4, 0.5) is 0 Å². The van der Waals surface area contributed by atoms with Crippen LogP contribution in [0.5, 0.6) is 0 Å². The standard InChI is InChI=1S/C17H20N2O2/c1-4-15-14(17(20)21-5-2)11-18-16(19-15)10-13-8-6-12(3)7-9-13/h6-9,11H,4-5,10H2,1-3H3. The number of aromatic nitrogens is 2. The maximum Gasteiger partial charge on any atom is 0.341 e. The second-order valence-corrected chi connectivity index (χ2v) is 4.88. The van der Waals surface area contributed by atoms with E-state index in [1.54, 1.807) is 13.1 Å². The number of nitrogens with zero attached hydrogens (tertiary/aromatic N) is 2. The van der Waals surface area contributed by atoms with E-state index in [2.05, 4.69) is 41.2 Å². The minimum atomic E-state index is -0.351. The molecule has 110 valence electrons. The molecular formula is C17H20N2O2. The summed E-state index contributed by atoms with van der Waals surface area (Å²) in [6, 6.07) is 8.29. The first-order valence-corrected chi connectivity index (χ1v) is 7.21. The molecule has 0 unspecified atom stereocenters. The number of benzene rings is 1. The highest BCUT2D eigenvalue weighted by Gasteiger charge is 2.14. The third-order valence-corrected chi connectivity index (χ3v) is 3.23. The number of rotatable bonds is 5. The van der Waals surface area contributed by atoms with Crippen molar-refractivity contribution in [2.75, 3.05) is 6.61 Å². The summed E-state index contributed by atoms with van der Waals surface area (Å²) in [5, 5.41) is 0. The van der Waals surface area contributed by atoms with Crippen molar-refractivity contribution >= 4 is 5.97 Å². The van der Waals surface area contributed by atoms with E-state index in [-0.39, 0.29) is 5.97 Å². The SMILES string of the molecule is CCOC(=O)c1cnc(Cc2ccc(C)cc2)nc1CC. The number of ether oxygens (including phenoxy) is 1. The van der Waals surface area contributed by atoms with Crippen LogP contribution in [0.15, 0.2) is 30.5 Å². The summed E-state index contributed by atoms with van der Waals surface area (Å²) in [6.45, 7) is 6.17. The highest BCUT2D eigenvalue weighted by atomic mass is 16.5. The second-order valence-electron chi connectivity index (χ2n) is 4.88. The smallest absolute Gasteiger partial charge is 0.341 e. The number of esters is 1. The normalized spacial score (nSPS) is 10.4. The van der Waals surface area contributed by atoms with Crippen LogP contribution < -0.4 is 0 Å². The molecule has 1 aromatic heterocycles. The van der Waals surface area contributed by atoms with Crippen LogP contribution in [-0.4, -0.2) is 22.5 Å². The van der Waals surface area contributed by atoms with Gasteiger partial charge in [-0.3, -0.25) is 0 Å². The quantitative estimate of drug-likeness (QED) is 0.792. The summed E-state index contributed by atoms with van der Waals surface area (Å²) in [7, 11) is 0. The number of aryl methyl sites for hydroxylation is 2. The lowest BCUT2D eigenvalue weighted by molar-refractivity contribution is 0.0524. The van der Waals surface area contributed by atoms with Crippen molar-refractivity contribution in [1.29, 1.82) is 0 Å². The zero-order valence-corrected chi connectivity index (χ0v) is 12.7. The van der Waals surface area contributed by atoms with E-state index in [1.165, 1.54) is 5.56 Å². The lowest BCUT2D eigenvalue weighted by Gasteiger charge is -2.08. The Labute approximate surface area is 125 Å². The Hall–Kier alpha value is -2.23. The van der Waals surface area contributed by atoms with E-state index < -0.39 is 0 Å². The van der Waals surface area contributed by atoms with Gasteiger partial charge in [0.15, 0.2) is 0 Å². The Morgan fingerprint density at radius 2 is 1.90 bits per heavy atom. The van der Waals surface area contributed by atoms with E-state index in [1.807, 2.05) is 6.92 Å². The summed E-state index contributed by atoms with van der Waals surface area (Å²) < 4.78 is 5.02. The van der Waals surface area contributed by atoms with Crippen LogP contribution in [0.25, 0.3) is 0 Å². The van der Waals surface area contributed by atoms with Crippen LogP contribution in [-0.2, 0) is 17.6 Å². The van der Waals surface area contributed by atoms with Gasteiger partial charge in [-0.15, -0.1) is 0 Å². The van der Waals surface area contributed by atoms with E-state index in [9.17, 15) is 4.79 Å². The minimum absolute atomic E-state index is 0.351. The number of hydrogen-bond acceptors (Lipinski definition) is 4. The Bertz CT molecular complexity index is 621. The fourth-order valence-corrected chi connectivity index (χ4v) is 2.08. The number of carbonyl (C=O) groups excluding carboxylic acids is 1. The fraction of sp³-hybridized carbons (Fsp3) is 0.353. The number of carbonyl (C=O) groups is 1. The molecule has 0 aliphatic rings. The van der Waals surface area contributed by atoms with E-state index in [4.69, 9.17) is 4.74 Å². The molecule has 0 atom stereocenters. The monoisotopic (exact) mass is 284 g/mol. The van der Waals surface area contributed by atoms with Crippen molar-refractivity contribution in [3.63, 3.8) is 0 Å². The van der Waals surface area contributed by atoms with Crippen molar-refractivity contribution in [3.05, 3.63) is 58.7 Å². The van der Waals surface area contributed by atoms with Gasteiger partial charge in [-0.1, -0.05) is 36.8 Å². The van der Waals surface area contributed by atoms with Crippen molar-refractivity contribution in [3.8, 4) is 0 Å². The maximum absolute atomic E-state index is 11.8. The summed E-state index contributed by atoms with van der Waals surface area (Å²) in [5.74, 6) is 0.375. The van der Waals surface area contributed by atoms with E-state index >= 15 is 0 Å². The lowest BCUT2D eigenvalue weighted by Crippen LogP contribution is -2.12. The van der Waals surface area contributed by atoms with Crippen molar-refractivity contribution in [2.24, 2.45) is 0 Å². The zero-order chi connectivity index (χ0) is 15.2. The average Bonchev–Trinajstić information content (AvgIpc) is 2.49. The third kappa shape index (κ3) is 3.88. The summed E-state index contributed by atoms with van der Waals surface area (Å²) in [4.78, 5) is 20.6. The van der Waals surface area contributed by atoms with E-state index in [0.29, 0.717) is 25.0 Å². The van der Waals surface area contributed by atoms with Crippen LogP contribution in [0.1, 0.15) is 46.9 Å². The molecule has 0 spiro atoms. The first-order chi connectivity index (χ1) is 10.1. The molecule has 0 N–H and O–H groups in total. The van der Waals surface area contributed by atoms with Gasteiger partial charge in [0.2, 0.25) is 0 Å². The largest absolute Gasteiger partial charge is 0.462 e. The lowest BCUT2D eigenvalue weighted by atomic mass is 10.1. The van der Waals surface area contributed by atoms with Crippen LogP contribution in [0.3, 0.4) is 0 Å². The Morgan fingerprint density at radius 3 is 2.52 bits per heavy atom. The van der Waals surface area contributed by atoms with Crippen LogP contribution in [0, 0.1) is 6.92 Å². The molecular weight excluding hydrogens is 264 g/mol. The third-order valence-electron chi connectivity index (χ3n) is 3.23. The van der Waals surface area contributed by atoms with Crippen molar-refractivity contribution in [1.82, 2.24) is 9.97 Å². The van der Waals surface area contributed by atoms with Gasteiger partial charge < -0.3 is 4.74 Å². The maximum atomic E-state index is 11.8. The predicted molar refractivity (Wildman–Crippen MR) is 81.4 cm³/mol. The Morgan fingerprint density at radius 1 is 1.19 bits per heavy atom. The van der Waals surface area contributed by atoms with Gasteiger partial charge in [-0.25, -0.2) is 14.8 Å². The molecule has 21 heavy (non-hydrogen) atoms. The molecule has 0 amide bonds. The van der Waals surface area contributed by atoms with Gasteiger partial charge in [0.1, 0.15) is 5.82 Å². The van der Waals surface area contributed by atoms with Gasteiger partial charge in [0, 0.05) is 12.6 Å². The second kappa shape index (κ2) is 6.97. The number of hydrogen-bond donors (Lipinski definition) is 0. The Kier molecular flexibility index (Phi) is 5.04. The van der Waals surface area contributed by atoms with Crippen molar-refractivity contribution in [2.45, 2.75) is 33.6 Å². The zero-order valence-electron chi connectivity index (χ0n) is 12.7. The molecule has 1 aromatic carbocycles. The molecule has 0 aliphatic heterocycles. The highest BCUT2D eigenvalue weighted by molar-refractivity contribution is 5.90. The van der Waals surface area contributed by atoms with Gasteiger partial charge >= 0.3 is 5.97 Å².